The van der Waals surface area contributed by atoms with Crippen molar-refractivity contribution in [2.75, 3.05) is 21.3 Å². The van der Waals surface area contributed by atoms with Crippen LogP contribution in [0.4, 0.5) is 8.78 Å². The van der Waals surface area contributed by atoms with Gasteiger partial charge in [0.1, 0.15) is 34.4 Å². The lowest BCUT2D eigenvalue weighted by Crippen LogP contribution is -2.03. The van der Waals surface area contributed by atoms with Crippen LogP contribution in [0.5, 0.6) is 17.2 Å². The third-order valence-corrected chi connectivity index (χ3v) is 3.27. The molecule has 6 heteroatoms. The van der Waals surface area contributed by atoms with Gasteiger partial charge in [0.25, 0.3) is 0 Å². The SMILES string of the molecule is COc1cc(OC)c(C(=O)/C=C/c2cc(F)cc(F)c2)c(OC)c1. The second-order valence-corrected chi connectivity index (χ2v) is 4.81. The van der Waals surface area contributed by atoms with Crippen molar-refractivity contribution in [3.8, 4) is 17.2 Å². The fourth-order valence-electron chi connectivity index (χ4n) is 2.18. The number of carbonyl (C=O) groups excluding carboxylic acids is 1. The lowest BCUT2D eigenvalue weighted by molar-refractivity contribution is 0.104. The molecular formula is C18H16F2O4. The standard InChI is InChI=1S/C18H16F2O4/c1-22-14-9-16(23-2)18(17(10-14)24-3)15(21)5-4-11-6-12(19)8-13(20)7-11/h4-10H,1-3H3/b5-4+. The Kier molecular flexibility index (Phi) is 5.52. The van der Waals surface area contributed by atoms with E-state index in [-0.39, 0.29) is 22.6 Å². The summed E-state index contributed by atoms with van der Waals surface area (Å²) >= 11 is 0. The third-order valence-electron chi connectivity index (χ3n) is 3.27. The Hall–Kier alpha value is -2.89. The van der Waals surface area contributed by atoms with Crippen LogP contribution >= 0.6 is 0 Å². The van der Waals surface area contributed by atoms with Crippen molar-refractivity contribution in [3.05, 3.63) is 59.2 Å². The summed E-state index contributed by atoms with van der Waals surface area (Å²) in [6.45, 7) is 0. The van der Waals surface area contributed by atoms with Gasteiger partial charge in [0.05, 0.1) is 21.3 Å². The molecule has 0 spiro atoms. The van der Waals surface area contributed by atoms with Crippen LogP contribution in [0.15, 0.2) is 36.4 Å². The highest BCUT2D eigenvalue weighted by atomic mass is 19.1. The second kappa shape index (κ2) is 7.59. The molecule has 0 aliphatic carbocycles. The maximum absolute atomic E-state index is 13.2. The van der Waals surface area contributed by atoms with Crippen molar-refractivity contribution in [2.24, 2.45) is 0 Å². The van der Waals surface area contributed by atoms with Gasteiger partial charge in [-0.05, 0) is 23.8 Å². The van der Waals surface area contributed by atoms with Gasteiger partial charge in [-0.2, -0.15) is 0 Å². The first-order valence-electron chi connectivity index (χ1n) is 6.97. The molecule has 0 radical (unpaired) electrons. The molecule has 0 saturated carbocycles. The van der Waals surface area contributed by atoms with E-state index < -0.39 is 17.4 Å². The lowest BCUT2D eigenvalue weighted by atomic mass is 10.1. The molecule has 24 heavy (non-hydrogen) atoms. The molecule has 0 aliphatic heterocycles. The van der Waals surface area contributed by atoms with Gasteiger partial charge in [0.2, 0.25) is 0 Å². The molecule has 0 amide bonds. The van der Waals surface area contributed by atoms with Crippen LogP contribution in [0.25, 0.3) is 6.08 Å². The first-order valence-corrected chi connectivity index (χ1v) is 6.97. The van der Waals surface area contributed by atoms with Gasteiger partial charge < -0.3 is 14.2 Å². The van der Waals surface area contributed by atoms with Gasteiger partial charge in [0.15, 0.2) is 5.78 Å². The van der Waals surface area contributed by atoms with Crippen LogP contribution < -0.4 is 14.2 Å². The molecule has 0 atom stereocenters. The smallest absolute Gasteiger partial charge is 0.193 e. The average molecular weight is 334 g/mol. The topological polar surface area (TPSA) is 44.8 Å². The number of hydrogen-bond donors (Lipinski definition) is 0. The number of halogens is 2. The van der Waals surface area contributed by atoms with E-state index >= 15 is 0 Å². The van der Waals surface area contributed by atoms with Crippen molar-refractivity contribution >= 4 is 11.9 Å². The fourth-order valence-corrected chi connectivity index (χ4v) is 2.18. The number of carbonyl (C=O) groups is 1. The van der Waals surface area contributed by atoms with Crippen LogP contribution in [0.3, 0.4) is 0 Å². The average Bonchev–Trinajstić information content (AvgIpc) is 2.57. The molecule has 0 unspecified atom stereocenters. The van der Waals surface area contributed by atoms with Crippen LogP contribution in [0.1, 0.15) is 15.9 Å². The van der Waals surface area contributed by atoms with Crippen LogP contribution in [-0.2, 0) is 0 Å². The van der Waals surface area contributed by atoms with Crippen LogP contribution in [0.2, 0.25) is 0 Å². The monoisotopic (exact) mass is 334 g/mol. The Labute approximate surface area is 138 Å². The number of allylic oxidation sites excluding steroid dienone is 1. The van der Waals surface area contributed by atoms with E-state index in [9.17, 15) is 13.6 Å². The second-order valence-electron chi connectivity index (χ2n) is 4.81. The number of hydrogen-bond acceptors (Lipinski definition) is 4. The third kappa shape index (κ3) is 3.90. The Morgan fingerprint density at radius 3 is 1.88 bits per heavy atom. The van der Waals surface area contributed by atoms with Crippen molar-refractivity contribution in [3.63, 3.8) is 0 Å². The van der Waals surface area contributed by atoms with E-state index in [4.69, 9.17) is 14.2 Å². The highest BCUT2D eigenvalue weighted by Crippen LogP contribution is 2.34. The Bertz CT molecular complexity index is 739. The molecular weight excluding hydrogens is 318 g/mol. The molecule has 0 bridgehead atoms. The van der Waals surface area contributed by atoms with Gasteiger partial charge >= 0.3 is 0 Å². The zero-order valence-corrected chi connectivity index (χ0v) is 13.4. The summed E-state index contributed by atoms with van der Waals surface area (Å²) in [7, 11) is 4.31. The highest BCUT2D eigenvalue weighted by molar-refractivity contribution is 6.10. The number of methoxy groups -OCH3 is 3. The van der Waals surface area contributed by atoms with E-state index in [0.717, 1.165) is 18.2 Å². The molecule has 2 aromatic rings. The minimum Gasteiger partial charge on any atom is -0.496 e. The Balaban J connectivity index is 2.40. The Morgan fingerprint density at radius 1 is 0.875 bits per heavy atom. The summed E-state index contributed by atoms with van der Waals surface area (Å²) in [5.41, 5.74) is 0.418. The van der Waals surface area contributed by atoms with E-state index in [1.807, 2.05) is 0 Å². The molecule has 126 valence electrons. The first-order chi connectivity index (χ1) is 11.5. The molecule has 0 saturated heterocycles. The lowest BCUT2D eigenvalue weighted by Gasteiger charge is -2.13. The minimum atomic E-state index is -0.721. The van der Waals surface area contributed by atoms with Crippen molar-refractivity contribution < 1.29 is 27.8 Å². The van der Waals surface area contributed by atoms with E-state index in [1.54, 1.807) is 12.1 Å². The zero-order chi connectivity index (χ0) is 17.7. The van der Waals surface area contributed by atoms with E-state index in [0.29, 0.717) is 5.75 Å². The number of ketones is 1. The van der Waals surface area contributed by atoms with E-state index in [1.165, 1.54) is 33.5 Å². The molecule has 0 fully saturated rings. The first kappa shape index (κ1) is 17.5. The van der Waals surface area contributed by atoms with Crippen molar-refractivity contribution in [1.29, 1.82) is 0 Å². The number of ether oxygens (including phenoxy) is 3. The van der Waals surface area contributed by atoms with Gasteiger partial charge in [-0.25, -0.2) is 8.78 Å². The van der Waals surface area contributed by atoms with Gasteiger partial charge in [-0.3, -0.25) is 4.79 Å². The molecule has 2 aromatic carbocycles. The number of benzene rings is 2. The summed E-state index contributed by atoms with van der Waals surface area (Å²) in [6, 6.07) is 6.09. The summed E-state index contributed by atoms with van der Waals surface area (Å²) < 4.78 is 41.9. The van der Waals surface area contributed by atoms with Crippen molar-refractivity contribution in [2.45, 2.75) is 0 Å². The highest BCUT2D eigenvalue weighted by Gasteiger charge is 2.18. The van der Waals surface area contributed by atoms with E-state index in [2.05, 4.69) is 0 Å². The number of rotatable bonds is 6. The largest absolute Gasteiger partial charge is 0.496 e. The fraction of sp³-hybridized carbons (Fsp3) is 0.167. The quantitative estimate of drug-likeness (QED) is 0.594. The molecule has 0 aromatic heterocycles. The maximum atomic E-state index is 13.2. The maximum Gasteiger partial charge on any atom is 0.193 e. The van der Waals surface area contributed by atoms with Gasteiger partial charge in [0, 0.05) is 18.2 Å². The molecule has 2 rings (SSSR count). The van der Waals surface area contributed by atoms with Crippen LogP contribution in [0, 0.1) is 11.6 Å². The molecule has 0 N–H and O–H groups in total. The van der Waals surface area contributed by atoms with Gasteiger partial charge in [-0.15, -0.1) is 0 Å². The molecule has 0 heterocycles. The zero-order valence-electron chi connectivity index (χ0n) is 13.4. The molecule has 0 aliphatic rings. The minimum absolute atomic E-state index is 0.189. The van der Waals surface area contributed by atoms with Gasteiger partial charge in [-0.1, -0.05) is 6.08 Å². The van der Waals surface area contributed by atoms with Crippen molar-refractivity contribution in [1.82, 2.24) is 0 Å². The summed E-state index contributed by atoms with van der Waals surface area (Å²) in [4.78, 5) is 12.5. The molecule has 4 nitrogen and oxygen atoms in total. The van der Waals surface area contributed by atoms with Crippen LogP contribution in [-0.4, -0.2) is 27.1 Å². The normalized spacial score (nSPS) is 10.7. The predicted octanol–water partition coefficient (Wildman–Crippen LogP) is 3.89. The summed E-state index contributed by atoms with van der Waals surface area (Å²) in [5, 5.41) is 0. The predicted molar refractivity (Wildman–Crippen MR) is 85.8 cm³/mol. The Morgan fingerprint density at radius 2 is 1.42 bits per heavy atom. The summed E-state index contributed by atoms with van der Waals surface area (Å²) in [5.74, 6) is -0.867. The summed E-state index contributed by atoms with van der Waals surface area (Å²) in [6.07, 6.45) is 2.51.